The molecule has 1 heterocycles. The molecule has 1 aromatic rings. The fraction of sp³-hybridized carbons (Fsp3) is 0.538. The standard InChI is InChI=1S/C13H17BrN2O2/c14-8-13(4-1-2-5-13)9-16-12(18)10-7-15-6-3-11(10)17/h3,6-7H,1-2,4-5,8-9H2,(H,15,17)(H,16,18). The minimum Gasteiger partial charge on any atom is -0.367 e. The molecule has 0 radical (unpaired) electrons. The first-order chi connectivity index (χ1) is 8.67. The van der Waals surface area contributed by atoms with Crippen molar-refractivity contribution in [1.29, 1.82) is 0 Å². The van der Waals surface area contributed by atoms with E-state index in [0.29, 0.717) is 6.54 Å². The van der Waals surface area contributed by atoms with E-state index in [0.717, 1.165) is 18.2 Å². The molecule has 1 saturated carbocycles. The van der Waals surface area contributed by atoms with Crippen LogP contribution in [0.4, 0.5) is 0 Å². The van der Waals surface area contributed by atoms with Gasteiger partial charge < -0.3 is 10.3 Å². The summed E-state index contributed by atoms with van der Waals surface area (Å²) in [6.45, 7) is 0.630. The summed E-state index contributed by atoms with van der Waals surface area (Å²) in [6.07, 6.45) is 7.66. The molecular formula is C13H17BrN2O2. The van der Waals surface area contributed by atoms with E-state index < -0.39 is 0 Å². The minimum atomic E-state index is -0.288. The lowest BCUT2D eigenvalue weighted by Gasteiger charge is -2.26. The summed E-state index contributed by atoms with van der Waals surface area (Å²) in [7, 11) is 0. The van der Waals surface area contributed by atoms with Crippen molar-refractivity contribution in [2.75, 3.05) is 11.9 Å². The molecule has 0 aliphatic heterocycles. The maximum Gasteiger partial charge on any atom is 0.256 e. The summed E-state index contributed by atoms with van der Waals surface area (Å²) in [5, 5.41) is 3.78. The van der Waals surface area contributed by atoms with E-state index in [9.17, 15) is 9.59 Å². The van der Waals surface area contributed by atoms with Crippen molar-refractivity contribution in [3.05, 3.63) is 34.2 Å². The lowest BCUT2D eigenvalue weighted by molar-refractivity contribution is 0.0934. The van der Waals surface area contributed by atoms with E-state index in [1.807, 2.05) is 0 Å². The van der Waals surface area contributed by atoms with Crippen LogP contribution in [0.2, 0.25) is 0 Å². The summed E-state index contributed by atoms with van der Waals surface area (Å²) >= 11 is 3.54. The summed E-state index contributed by atoms with van der Waals surface area (Å²) in [4.78, 5) is 26.2. The van der Waals surface area contributed by atoms with Crippen molar-refractivity contribution in [1.82, 2.24) is 10.3 Å². The molecule has 98 valence electrons. The highest BCUT2D eigenvalue weighted by molar-refractivity contribution is 9.09. The number of carbonyl (C=O) groups is 1. The quantitative estimate of drug-likeness (QED) is 0.836. The number of rotatable bonds is 4. The second-order valence-corrected chi connectivity index (χ2v) is 5.51. The Hall–Kier alpha value is -1.10. The lowest BCUT2D eigenvalue weighted by Crippen LogP contribution is -2.38. The molecule has 5 heteroatoms. The van der Waals surface area contributed by atoms with Crippen LogP contribution in [0.3, 0.4) is 0 Å². The highest BCUT2D eigenvalue weighted by Gasteiger charge is 2.33. The number of alkyl halides is 1. The molecule has 2 rings (SSSR count). The monoisotopic (exact) mass is 312 g/mol. The average Bonchev–Trinajstić information content (AvgIpc) is 2.86. The van der Waals surface area contributed by atoms with Crippen molar-refractivity contribution in [3.63, 3.8) is 0 Å². The molecule has 1 amide bonds. The molecular weight excluding hydrogens is 296 g/mol. The summed E-state index contributed by atoms with van der Waals surface area (Å²) in [6, 6.07) is 1.37. The van der Waals surface area contributed by atoms with Gasteiger partial charge in [0.25, 0.3) is 5.91 Å². The highest BCUT2D eigenvalue weighted by Crippen LogP contribution is 2.38. The molecule has 0 saturated heterocycles. The van der Waals surface area contributed by atoms with Gasteiger partial charge >= 0.3 is 0 Å². The third-order valence-electron chi connectivity index (χ3n) is 3.64. The van der Waals surface area contributed by atoms with Gasteiger partial charge in [-0.25, -0.2) is 0 Å². The Morgan fingerprint density at radius 3 is 2.78 bits per heavy atom. The van der Waals surface area contributed by atoms with Gasteiger partial charge in [-0.1, -0.05) is 28.8 Å². The molecule has 18 heavy (non-hydrogen) atoms. The Morgan fingerprint density at radius 1 is 1.44 bits per heavy atom. The fourth-order valence-electron chi connectivity index (χ4n) is 2.44. The van der Waals surface area contributed by atoms with E-state index in [2.05, 4.69) is 26.2 Å². The van der Waals surface area contributed by atoms with Crippen molar-refractivity contribution in [3.8, 4) is 0 Å². The number of amides is 1. The van der Waals surface area contributed by atoms with Crippen LogP contribution in [-0.2, 0) is 0 Å². The van der Waals surface area contributed by atoms with E-state index in [4.69, 9.17) is 0 Å². The van der Waals surface area contributed by atoms with Gasteiger partial charge in [0.05, 0.1) is 0 Å². The normalized spacial score (nSPS) is 17.6. The summed E-state index contributed by atoms with van der Waals surface area (Å²) in [5.41, 5.74) is 0.0998. The Labute approximate surface area is 114 Å². The molecule has 2 N–H and O–H groups in total. The van der Waals surface area contributed by atoms with Crippen molar-refractivity contribution >= 4 is 21.8 Å². The zero-order valence-corrected chi connectivity index (χ0v) is 11.8. The molecule has 1 aliphatic rings. The van der Waals surface area contributed by atoms with Gasteiger partial charge in [-0.05, 0) is 18.3 Å². The van der Waals surface area contributed by atoms with Crippen LogP contribution >= 0.6 is 15.9 Å². The van der Waals surface area contributed by atoms with Gasteiger partial charge in [-0.2, -0.15) is 0 Å². The number of halogens is 1. The van der Waals surface area contributed by atoms with Crippen LogP contribution in [0, 0.1) is 5.41 Å². The topological polar surface area (TPSA) is 62.0 Å². The van der Waals surface area contributed by atoms with Gasteiger partial charge in [0.15, 0.2) is 5.43 Å². The fourth-order valence-corrected chi connectivity index (χ4v) is 3.20. The molecule has 0 aromatic carbocycles. The third-order valence-corrected chi connectivity index (χ3v) is 4.83. The van der Waals surface area contributed by atoms with E-state index >= 15 is 0 Å². The van der Waals surface area contributed by atoms with Crippen LogP contribution in [0.15, 0.2) is 23.3 Å². The van der Waals surface area contributed by atoms with Crippen LogP contribution in [0.25, 0.3) is 0 Å². The van der Waals surface area contributed by atoms with E-state index in [-0.39, 0.29) is 22.3 Å². The molecule has 1 aromatic heterocycles. The average molecular weight is 313 g/mol. The van der Waals surface area contributed by atoms with Gasteiger partial charge in [-0.3, -0.25) is 9.59 Å². The number of pyridine rings is 1. The molecule has 1 aliphatic carbocycles. The Balaban J connectivity index is 2.00. The predicted molar refractivity (Wildman–Crippen MR) is 74.1 cm³/mol. The molecule has 0 spiro atoms. The van der Waals surface area contributed by atoms with Crippen LogP contribution in [-0.4, -0.2) is 22.8 Å². The first-order valence-electron chi connectivity index (χ1n) is 6.18. The number of hydrogen-bond donors (Lipinski definition) is 2. The maximum atomic E-state index is 11.9. The van der Waals surface area contributed by atoms with E-state index in [1.54, 1.807) is 0 Å². The number of carbonyl (C=O) groups excluding carboxylic acids is 1. The third kappa shape index (κ3) is 2.83. The first kappa shape index (κ1) is 13.3. The Bertz CT molecular complexity index is 478. The van der Waals surface area contributed by atoms with Crippen LogP contribution in [0.1, 0.15) is 36.0 Å². The summed E-state index contributed by atoms with van der Waals surface area (Å²) < 4.78 is 0. The van der Waals surface area contributed by atoms with Gasteiger partial charge in [0.1, 0.15) is 5.56 Å². The smallest absolute Gasteiger partial charge is 0.256 e. The molecule has 0 bridgehead atoms. The Morgan fingerprint density at radius 2 is 2.17 bits per heavy atom. The van der Waals surface area contributed by atoms with Crippen LogP contribution < -0.4 is 10.7 Å². The van der Waals surface area contributed by atoms with E-state index in [1.165, 1.54) is 31.3 Å². The highest BCUT2D eigenvalue weighted by atomic mass is 79.9. The van der Waals surface area contributed by atoms with Crippen molar-refractivity contribution < 1.29 is 4.79 Å². The van der Waals surface area contributed by atoms with Crippen LogP contribution in [0.5, 0.6) is 0 Å². The SMILES string of the molecule is O=C(NCC1(CBr)CCCC1)c1c[nH]ccc1=O. The summed E-state index contributed by atoms with van der Waals surface area (Å²) in [5.74, 6) is -0.288. The van der Waals surface area contributed by atoms with Gasteiger partial charge in [0, 0.05) is 30.3 Å². The van der Waals surface area contributed by atoms with Gasteiger partial charge in [-0.15, -0.1) is 0 Å². The number of nitrogens with one attached hydrogen (secondary N) is 2. The van der Waals surface area contributed by atoms with Crippen molar-refractivity contribution in [2.24, 2.45) is 5.41 Å². The van der Waals surface area contributed by atoms with Gasteiger partial charge in [0.2, 0.25) is 0 Å². The number of H-pyrrole nitrogens is 1. The minimum absolute atomic E-state index is 0.164. The zero-order valence-electron chi connectivity index (χ0n) is 10.2. The molecule has 4 nitrogen and oxygen atoms in total. The maximum absolute atomic E-state index is 11.9. The molecule has 0 atom stereocenters. The number of aromatic nitrogens is 1. The first-order valence-corrected chi connectivity index (χ1v) is 7.30. The second kappa shape index (κ2) is 5.69. The number of hydrogen-bond acceptors (Lipinski definition) is 2. The predicted octanol–water partition coefficient (Wildman–Crippen LogP) is 2.06. The zero-order chi connectivity index (χ0) is 13.0. The largest absolute Gasteiger partial charge is 0.367 e. The van der Waals surface area contributed by atoms with Crippen molar-refractivity contribution in [2.45, 2.75) is 25.7 Å². The lowest BCUT2D eigenvalue weighted by atomic mass is 9.89. The molecule has 1 fully saturated rings. The number of aromatic amines is 1. The Kier molecular flexibility index (Phi) is 4.22. The second-order valence-electron chi connectivity index (χ2n) is 4.95. The molecule has 0 unspecified atom stereocenters.